The molecule has 30 heavy (non-hydrogen) atoms. The van der Waals surface area contributed by atoms with Gasteiger partial charge in [-0.1, -0.05) is 48.0 Å². The zero-order valence-electron chi connectivity index (χ0n) is 17.1. The minimum Gasteiger partial charge on any atom is -0.465 e. The zero-order valence-corrected chi connectivity index (χ0v) is 17.8. The van der Waals surface area contributed by atoms with Crippen LogP contribution < -0.4 is 4.90 Å². The summed E-state index contributed by atoms with van der Waals surface area (Å²) in [4.78, 5) is 16.5. The van der Waals surface area contributed by atoms with Gasteiger partial charge in [-0.25, -0.2) is 4.79 Å². The molecule has 0 radical (unpaired) electrons. The van der Waals surface area contributed by atoms with Crippen LogP contribution >= 0.6 is 11.6 Å². The predicted molar refractivity (Wildman–Crippen MR) is 122 cm³/mol. The average molecular weight is 421 g/mol. The normalized spacial score (nSPS) is 14.5. The molecule has 3 aromatic carbocycles. The molecule has 0 aliphatic carbocycles. The maximum atomic E-state index is 11.6. The number of carbonyl (C=O) groups is 1. The molecule has 3 aromatic rings. The number of rotatable bonds is 5. The molecule has 0 unspecified atom stereocenters. The number of esters is 1. The van der Waals surface area contributed by atoms with Gasteiger partial charge in [0.25, 0.3) is 0 Å². The molecule has 0 bridgehead atoms. The first kappa shape index (κ1) is 20.5. The highest BCUT2D eigenvalue weighted by Gasteiger charge is 2.19. The van der Waals surface area contributed by atoms with Gasteiger partial charge in [0.1, 0.15) is 0 Å². The summed E-state index contributed by atoms with van der Waals surface area (Å²) in [6.07, 6.45) is 0. The Morgan fingerprint density at radius 1 is 0.900 bits per heavy atom. The summed E-state index contributed by atoms with van der Waals surface area (Å²) >= 11 is 6.05. The molecule has 1 aliphatic heterocycles. The van der Waals surface area contributed by atoms with E-state index in [4.69, 9.17) is 16.3 Å². The van der Waals surface area contributed by atoms with Crippen LogP contribution in [0.3, 0.4) is 0 Å². The van der Waals surface area contributed by atoms with Crippen molar-refractivity contribution in [1.82, 2.24) is 4.90 Å². The van der Waals surface area contributed by atoms with Gasteiger partial charge in [-0.3, -0.25) is 4.90 Å². The Balaban J connectivity index is 1.40. The lowest BCUT2D eigenvalue weighted by molar-refractivity contribution is 0.0601. The van der Waals surface area contributed by atoms with Gasteiger partial charge in [-0.15, -0.1) is 0 Å². The number of carbonyl (C=O) groups excluding carboxylic acids is 1. The molecule has 154 valence electrons. The summed E-state index contributed by atoms with van der Waals surface area (Å²) in [5.41, 5.74) is 5.51. The number of ether oxygens (including phenoxy) is 1. The van der Waals surface area contributed by atoms with E-state index in [1.807, 2.05) is 36.4 Å². The second-order valence-electron chi connectivity index (χ2n) is 7.47. The van der Waals surface area contributed by atoms with Crippen molar-refractivity contribution in [2.24, 2.45) is 0 Å². The fourth-order valence-electron chi connectivity index (χ4n) is 3.90. The minimum atomic E-state index is -0.300. The van der Waals surface area contributed by atoms with Gasteiger partial charge < -0.3 is 9.64 Å². The number of methoxy groups -OCH3 is 1. The third-order valence-corrected chi connectivity index (χ3v) is 5.84. The lowest BCUT2D eigenvalue weighted by Gasteiger charge is -2.36. The second kappa shape index (κ2) is 9.33. The van der Waals surface area contributed by atoms with Gasteiger partial charge in [-0.05, 0) is 53.1 Å². The molecule has 1 aliphatic rings. The Morgan fingerprint density at radius 2 is 1.57 bits per heavy atom. The first-order chi connectivity index (χ1) is 14.6. The standard InChI is InChI=1S/C25H25ClN2O2/c1-30-25(29)20-8-12-23(13-9-20)28-16-14-27(15-17-28)18-21-4-2-3-5-24(21)19-6-10-22(26)11-7-19/h2-13H,14-18H2,1H3. The van der Waals surface area contributed by atoms with Crippen LogP contribution in [-0.2, 0) is 11.3 Å². The van der Waals surface area contributed by atoms with Crippen molar-refractivity contribution in [3.05, 3.63) is 88.9 Å². The molecule has 0 aromatic heterocycles. The van der Waals surface area contributed by atoms with Gasteiger partial charge in [0.15, 0.2) is 0 Å². The Hall–Kier alpha value is -2.82. The van der Waals surface area contributed by atoms with Gasteiger partial charge >= 0.3 is 5.97 Å². The molecule has 1 heterocycles. The van der Waals surface area contributed by atoms with E-state index in [-0.39, 0.29) is 5.97 Å². The van der Waals surface area contributed by atoms with E-state index in [2.05, 4.69) is 46.2 Å². The van der Waals surface area contributed by atoms with E-state index < -0.39 is 0 Å². The highest BCUT2D eigenvalue weighted by molar-refractivity contribution is 6.30. The topological polar surface area (TPSA) is 32.8 Å². The van der Waals surface area contributed by atoms with Crippen molar-refractivity contribution in [1.29, 1.82) is 0 Å². The Bertz CT molecular complexity index is 994. The van der Waals surface area contributed by atoms with Crippen LogP contribution in [0.4, 0.5) is 5.69 Å². The monoisotopic (exact) mass is 420 g/mol. The quantitative estimate of drug-likeness (QED) is 0.536. The number of halogens is 1. The molecule has 0 atom stereocenters. The van der Waals surface area contributed by atoms with Crippen LogP contribution in [0.5, 0.6) is 0 Å². The van der Waals surface area contributed by atoms with Crippen molar-refractivity contribution in [2.75, 3.05) is 38.2 Å². The molecular weight excluding hydrogens is 396 g/mol. The summed E-state index contributed by atoms with van der Waals surface area (Å²) in [6, 6.07) is 24.3. The zero-order chi connectivity index (χ0) is 20.9. The summed E-state index contributed by atoms with van der Waals surface area (Å²) in [6.45, 7) is 4.83. The molecule has 1 fully saturated rings. The fourth-order valence-corrected chi connectivity index (χ4v) is 4.03. The van der Waals surface area contributed by atoms with E-state index in [1.54, 1.807) is 0 Å². The van der Waals surface area contributed by atoms with Crippen LogP contribution in [0.2, 0.25) is 5.02 Å². The molecular formula is C25H25ClN2O2. The molecule has 0 saturated carbocycles. The highest BCUT2D eigenvalue weighted by atomic mass is 35.5. The number of anilines is 1. The smallest absolute Gasteiger partial charge is 0.337 e. The van der Waals surface area contributed by atoms with Crippen LogP contribution in [0.25, 0.3) is 11.1 Å². The van der Waals surface area contributed by atoms with Crippen molar-refractivity contribution in [3.63, 3.8) is 0 Å². The van der Waals surface area contributed by atoms with E-state index in [0.717, 1.165) is 43.4 Å². The molecule has 5 heteroatoms. The lowest BCUT2D eigenvalue weighted by Crippen LogP contribution is -2.46. The van der Waals surface area contributed by atoms with Crippen molar-refractivity contribution < 1.29 is 9.53 Å². The van der Waals surface area contributed by atoms with E-state index in [0.29, 0.717) is 5.56 Å². The highest BCUT2D eigenvalue weighted by Crippen LogP contribution is 2.27. The summed E-state index contributed by atoms with van der Waals surface area (Å²) in [5, 5.41) is 0.756. The third-order valence-electron chi connectivity index (χ3n) is 5.59. The van der Waals surface area contributed by atoms with Crippen molar-refractivity contribution >= 4 is 23.3 Å². The summed E-state index contributed by atoms with van der Waals surface area (Å²) in [7, 11) is 1.40. The van der Waals surface area contributed by atoms with E-state index in [1.165, 1.54) is 23.8 Å². The molecule has 0 amide bonds. The summed E-state index contributed by atoms with van der Waals surface area (Å²) in [5.74, 6) is -0.300. The van der Waals surface area contributed by atoms with Crippen LogP contribution in [-0.4, -0.2) is 44.2 Å². The molecule has 0 N–H and O–H groups in total. The number of piperazine rings is 1. The van der Waals surface area contributed by atoms with Gasteiger partial charge in [0.05, 0.1) is 12.7 Å². The third kappa shape index (κ3) is 4.66. The maximum absolute atomic E-state index is 11.6. The molecule has 4 rings (SSSR count). The van der Waals surface area contributed by atoms with Crippen LogP contribution in [0.15, 0.2) is 72.8 Å². The second-order valence-corrected chi connectivity index (χ2v) is 7.90. The minimum absolute atomic E-state index is 0.300. The van der Waals surface area contributed by atoms with Crippen molar-refractivity contribution in [2.45, 2.75) is 6.54 Å². The van der Waals surface area contributed by atoms with Crippen LogP contribution in [0, 0.1) is 0 Å². The summed E-state index contributed by atoms with van der Waals surface area (Å²) < 4.78 is 4.77. The number of hydrogen-bond donors (Lipinski definition) is 0. The van der Waals surface area contributed by atoms with E-state index in [9.17, 15) is 4.79 Å². The first-order valence-corrected chi connectivity index (χ1v) is 10.5. The van der Waals surface area contributed by atoms with Gasteiger partial charge in [0.2, 0.25) is 0 Å². The van der Waals surface area contributed by atoms with E-state index >= 15 is 0 Å². The number of nitrogens with zero attached hydrogens (tertiary/aromatic N) is 2. The molecule has 0 spiro atoms. The van der Waals surface area contributed by atoms with Crippen molar-refractivity contribution in [3.8, 4) is 11.1 Å². The van der Waals surface area contributed by atoms with Gasteiger partial charge in [-0.2, -0.15) is 0 Å². The molecule has 4 nitrogen and oxygen atoms in total. The number of benzene rings is 3. The predicted octanol–water partition coefficient (Wildman–Crippen LogP) is 5.12. The first-order valence-electron chi connectivity index (χ1n) is 10.1. The SMILES string of the molecule is COC(=O)c1ccc(N2CCN(Cc3ccccc3-c3ccc(Cl)cc3)CC2)cc1. The molecule has 1 saturated heterocycles. The maximum Gasteiger partial charge on any atom is 0.337 e. The lowest BCUT2D eigenvalue weighted by atomic mass is 9.99. The van der Waals surface area contributed by atoms with Crippen LogP contribution in [0.1, 0.15) is 15.9 Å². The fraction of sp³-hybridized carbons (Fsp3) is 0.240. The van der Waals surface area contributed by atoms with Gasteiger partial charge in [0, 0.05) is 43.4 Å². The largest absolute Gasteiger partial charge is 0.465 e. The Kier molecular flexibility index (Phi) is 6.36. The average Bonchev–Trinajstić information content (AvgIpc) is 2.80. The Labute approximate surface area is 182 Å². The number of hydrogen-bond acceptors (Lipinski definition) is 4. The Morgan fingerprint density at radius 3 is 2.23 bits per heavy atom.